The molecule has 0 saturated carbocycles. The molecule has 0 radical (unpaired) electrons. The van der Waals surface area contributed by atoms with Gasteiger partial charge in [0.25, 0.3) is 0 Å². The minimum atomic E-state index is -3.38. The molecular formula is C22H20N2O4S. The summed E-state index contributed by atoms with van der Waals surface area (Å²) in [7, 11) is 0.0875. The highest BCUT2D eigenvalue weighted by Gasteiger charge is 2.19. The number of pyridine rings is 1. The first-order valence-electron chi connectivity index (χ1n) is 8.94. The van der Waals surface area contributed by atoms with Crippen LogP contribution in [-0.4, -0.2) is 31.3 Å². The van der Waals surface area contributed by atoms with Gasteiger partial charge in [0.2, 0.25) is 5.88 Å². The number of hydrogen-bond acceptors (Lipinski definition) is 5. The highest BCUT2D eigenvalue weighted by Crippen LogP contribution is 2.40. The van der Waals surface area contributed by atoms with Crippen molar-refractivity contribution in [3.8, 4) is 28.5 Å². The van der Waals surface area contributed by atoms with E-state index in [4.69, 9.17) is 9.47 Å². The van der Waals surface area contributed by atoms with E-state index in [-0.39, 0.29) is 4.90 Å². The Labute approximate surface area is 169 Å². The van der Waals surface area contributed by atoms with E-state index in [1.165, 1.54) is 6.26 Å². The van der Waals surface area contributed by atoms with E-state index in [2.05, 4.69) is 4.98 Å². The Morgan fingerprint density at radius 3 is 2.45 bits per heavy atom. The van der Waals surface area contributed by atoms with Crippen molar-refractivity contribution < 1.29 is 17.9 Å². The van der Waals surface area contributed by atoms with Crippen molar-refractivity contribution in [1.82, 2.24) is 9.55 Å². The Morgan fingerprint density at radius 2 is 1.76 bits per heavy atom. The third kappa shape index (κ3) is 3.56. The minimum absolute atomic E-state index is 0.228. The second-order valence-electron chi connectivity index (χ2n) is 6.72. The lowest BCUT2D eigenvalue weighted by molar-refractivity contribution is 0.401. The highest BCUT2D eigenvalue weighted by atomic mass is 32.2. The Balaban J connectivity index is 1.97. The molecule has 4 rings (SSSR count). The van der Waals surface area contributed by atoms with E-state index in [1.54, 1.807) is 31.5 Å². The van der Waals surface area contributed by atoms with Crippen LogP contribution in [0.2, 0.25) is 0 Å². The number of fused-ring (bicyclic) bond motifs is 1. The summed E-state index contributed by atoms with van der Waals surface area (Å²) in [4.78, 5) is 4.50. The normalized spacial score (nSPS) is 11.6. The molecule has 2 aromatic carbocycles. The first kappa shape index (κ1) is 19.0. The number of sulfone groups is 1. The molecule has 0 saturated heterocycles. The SMILES string of the molecule is COc1nccc2c(-c3cc(S(C)(=O)=O)ccc3Oc3ccccc3)cn(C)c12. The van der Waals surface area contributed by atoms with Gasteiger partial charge in [0, 0.05) is 42.2 Å². The van der Waals surface area contributed by atoms with Crippen molar-refractivity contribution in [3.05, 3.63) is 67.0 Å². The average Bonchev–Trinajstić information content (AvgIpc) is 3.05. The molecule has 0 amide bonds. The van der Waals surface area contributed by atoms with Crippen molar-refractivity contribution in [2.24, 2.45) is 7.05 Å². The lowest BCUT2D eigenvalue weighted by atomic mass is 10.0. The Hall–Kier alpha value is -3.32. The lowest BCUT2D eigenvalue weighted by Crippen LogP contribution is -1.98. The average molecular weight is 408 g/mol. The van der Waals surface area contributed by atoms with Gasteiger partial charge in [-0.15, -0.1) is 0 Å². The minimum Gasteiger partial charge on any atom is -0.479 e. The van der Waals surface area contributed by atoms with Gasteiger partial charge in [0.05, 0.1) is 12.0 Å². The molecule has 2 heterocycles. The first-order chi connectivity index (χ1) is 13.9. The molecule has 0 aliphatic carbocycles. The van der Waals surface area contributed by atoms with Crippen LogP contribution in [0.25, 0.3) is 22.0 Å². The summed E-state index contributed by atoms with van der Waals surface area (Å²) in [5.41, 5.74) is 2.33. The summed E-state index contributed by atoms with van der Waals surface area (Å²) >= 11 is 0. The maximum absolute atomic E-state index is 12.2. The van der Waals surface area contributed by atoms with Crippen molar-refractivity contribution in [2.75, 3.05) is 13.4 Å². The number of ether oxygens (including phenoxy) is 2. The largest absolute Gasteiger partial charge is 0.479 e. The van der Waals surface area contributed by atoms with Gasteiger partial charge in [-0.05, 0) is 36.4 Å². The van der Waals surface area contributed by atoms with Crippen LogP contribution >= 0.6 is 0 Å². The van der Waals surface area contributed by atoms with E-state index >= 15 is 0 Å². The van der Waals surface area contributed by atoms with Crippen molar-refractivity contribution in [3.63, 3.8) is 0 Å². The van der Waals surface area contributed by atoms with Crippen LogP contribution in [0.3, 0.4) is 0 Å². The third-order valence-electron chi connectivity index (χ3n) is 4.69. The molecule has 2 aromatic heterocycles. The fourth-order valence-electron chi connectivity index (χ4n) is 3.34. The van der Waals surface area contributed by atoms with Crippen molar-refractivity contribution in [1.29, 1.82) is 0 Å². The summed E-state index contributed by atoms with van der Waals surface area (Å²) in [6, 6.07) is 16.2. The van der Waals surface area contributed by atoms with Gasteiger partial charge in [-0.1, -0.05) is 18.2 Å². The zero-order valence-corrected chi connectivity index (χ0v) is 17.1. The van der Waals surface area contributed by atoms with Crippen LogP contribution in [0.5, 0.6) is 17.4 Å². The first-order valence-corrected chi connectivity index (χ1v) is 10.8. The monoisotopic (exact) mass is 408 g/mol. The van der Waals surface area contributed by atoms with Gasteiger partial charge in [-0.3, -0.25) is 0 Å². The number of benzene rings is 2. The fourth-order valence-corrected chi connectivity index (χ4v) is 3.99. The van der Waals surface area contributed by atoms with Crippen LogP contribution in [0.4, 0.5) is 0 Å². The van der Waals surface area contributed by atoms with Gasteiger partial charge in [0.15, 0.2) is 9.84 Å². The second-order valence-corrected chi connectivity index (χ2v) is 8.73. The summed E-state index contributed by atoms with van der Waals surface area (Å²) < 4.78 is 37.8. The van der Waals surface area contributed by atoms with E-state index in [0.717, 1.165) is 16.5 Å². The molecule has 148 valence electrons. The summed E-state index contributed by atoms with van der Waals surface area (Å²) in [5, 5.41) is 0.892. The zero-order valence-electron chi connectivity index (χ0n) is 16.3. The topological polar surface area (TPSA) is 70.4 Å². The predicted molar refractivity (Wildman–Crippen MR) is 112 cm³/mol. The highest BCUT2D eigenvalue weighted by molar-refractivity contribution is 7.90. The van der Waals surface area contributed by atoms with Gasteiger partial charge in [-0.25, -0.2) is 13.4 Å². The number of methoxy groups -OCH3 is 1. The van der Waals surface area contributed by atoms with E-state index < -0.39 is 9.84 Å². The van der Waals surface area contributed by atoms with Crippen LogP contribution in [0.1, 0.15) is 0 Å². The molecule has 0 fully saturated rings. The molecule has 0 spiro atoms. The van der Waals surface area contributed by atoms with Crippen LogP contribution in [0.15, 0.2) is 71.9 Å². The standard InChI is InChI=1S/C22H20N2O4S/c1-24-14-19(17-11-12-23-22(27-2)21(17)24)18-13-16(29(3,25)26)9-10-20(18)28-15-7-5-4-6-8-15/h4-14H,1-3H3. The molecule has 0 bridgehead atoms. The van der Waals surface area contributed by atoms with Gasteiger partial charge >= 0.3 is 0 Å². The maximum atomic E-state index is 12.2. The smallest absolute Gasteiger partial charge is 0.238 e. The van der Waals surface area contributed by atoms with Gasteiger partial charge in [0.1, 0.15) is 17.0 Å². The zero-order chi connectivity index (χ0) is 20.6. The van der Waals surface area contributed by atoms with Gasteiger partial charge in [-0.2, -0.15) is 0 Å². The maximum Gasteiger partial charge on any atom is 0.238 e. The van der Waals surface area contributed by atoms with Crippen molar-refractivity contribution >= 4 is 20.7 Å². The summed E-state index contributed by atoms with van der Waals surface area (Å²) in [6.45, 7) is 0. The molecule has 0 N–H and O–H groups in total. The lowest BCUT2D eigenvalue weighted by Gasteiger charge is -2.12. The van der Waals surface area contributed by atoms with Crippen LogP contribution in [-0.2, 0) is 16.9 Å². The number of aromatic nitrogens is 2. The molecule has 0 aliphatic heterocycles. The third-order valence-corrected chi connectivity index (χ3v) is 5.80. The molecule has 0 atom stereocenters. The van der Waals surface area contributed by atoms with E-state index in [9.17, 15) is 8.42 Å². The van der Waals surface area contributed by atoms with Crippen LogP contribution < -0.4 is 9.47 Å². The summed E-state index contributed by atoms with van der Waals surface area (Å²) in [6.07, 6.45) is 4.79. The summed E-state index contributed by atoms with van der Waals surface area (Å²) in [5.74, 6) is 1.73. The molecule has 0 unspecified atom stereocenters. The molecule has 0 aliphatic rings. The van der Waals surface area contributed by atoms with E-state index in [0.29, 0.717) is 22.9 Å². The fraction of sp³-hybridized carbons (Fsp3) is 0.136. The predicted octanol–water partition coefficient (Wildman–Crippen LogP) is 4.44. The number of rotatable bonds is 5. The number of nitrogens with zero attached hydrogens (tertiary/aromatic N) is 2. The Kier molecular flexibility index (Phi) is 4.76. The number of aryl methyl sites for hydroxylation is 1. The molecule has 4 aromatic rings. The second kappa shape index (κ2) is 7.25. The quantitative estimate of drug-likeness (QED) is 0.488. The Bertz CT molecular complexity index is 1300. The van der Waals surface area contributed by atoms with Crippen molar-refractivity contribution in [2.45, 2.75) is 4.90 Å². The molecule has 7 heteroatoms. The number of hydrogen-bond donors (Lipinski definition) is 0. The van der Waals surface area contributed by atoms with Crippen LogP contribution in [0, 0.1) is 0 Å². The van der Waals surface area contributed by atoms with Gasteiger partial charge < -0.3 is 14.0 Å². The van der Waals surface area contributed by atoms with E-state index in [1.807, 2.05) is 54.2 Å². The molecule has 29 heavy (non-hydrogen) atoms. The molecular weight excluding hydrogens is 388 g/mol. The molecule has 6 nitrogen and oxygen atoms in total. The Morgan fingerprint density at radius 1 is 1.00 bits per heavy atom. The number of para-hydroxylation sites is 1.